The first kappa shape index (κ1) is 17.7. The molecule has 146 valence electrons. The Morgan fingerprint density at radius 1 is 1.28 bits per heavy atom. The van der Waals surface area contributed by atoms with Crippen LogP contribution in [-0.2, 0) is 16.1 Å². The molecule has 29 heavy (non-hydrogen) atoms. The molecule has 2 aromatic rings. The summed E-state index contributed by atoms with van der Waals surface area (Å²) < 4.78 is 15.9. The van der Waals surface area contributed by atoms with Gasteiger partial charge in [0.15, 0.2) is 22.8 Å². The predicted molar refractivity (Wildman–Crippen MR) is 100 cm³/mol. The van der Waals surface area contributed by atoms with Crippen LogP contribution in [-0.4, -0.2) is 36.1 Å². The Bertz CT molecular complexity index is 1080. The minimum Gasteiger partial charge on any atom is -0.467 e. The van der Waals surface area contributed by atoms with Crippen molar-refractivity contribution in [3.63, 3.8) is 0 Å². The first-order valence-corrected chi connectivity index (χ1v) is 9.37. The number of benzene rings is 2. The summed E-state index contributed by atoms with van der Waals surface area (Å²) in [5.74, 6) is -0.150. The number of esters is 1. The van der Waals surface area contributed by atoms with Crippen molar-refractivity contribution < 1.29 is 23.8 Å². The lowest BCUT2D eigenvalue weighted by Crippen LogP contribution is -2.59. The molecule has 0 aliphatic carbocycles. The molecule has 1 saturated heterocycles. The third-order valence-electron chi connectivity index (χ3n) is 6.10. The van der Waals surface area contributed by atoms with Crippen molar-refractivity contribution >= 4 is 11.8 Å². The van der Waals surface area contributed by atoms with Crippen LogP contribution >= 0.6 is 0 Å². The zero-order valence-electron chi connectivity index (χ0n) is 15.8. The number of rotatable bonds is 3. The standard InChI is InChI=1S/C22H18N2O5/c1-27-21(26)22-9-14(10-23)19(15-4-2-3-5-16(15)20(22)25)24(22)11-13-6-7-17-18(8-13)29-12-28-17/h2-8,14,19H,9,11-12H2,1H3/t14-,19+,22-/m1/s1. The summed E-state index contributed by atoms with van der Waals surface area (Å²) in [5.41, 5.74) is 0.618. The van der Waals surface area contributed by atoms with Crippen LogP contribution in [0.1, 0.15) is 33.9 Å². The van der Waals surface area contributed by atoms with E-state index in [-0.39, 0.29) is 25.0 Å². The van der Waals surface area contributed by atoms with E-state index >= 15 is 0 Å². The van der Waals surface area contributed by atoms with Crippen molar-refractivity contribution in [1.29, 1.82) is 5.26 Å². The molecular formula is C22H18N2O5. The fourth-order valence-corrected chi connectivity index (χ4v) is 4.84. The number of Topliss-reactive ketones (excluding diaryl/α,β-unsaturated/α-hetero) is 1. The Balaban J connectivity index is 1.65. The van der Waals surface area contributed by atoms with E-state index in [0.29, 0.717) is 23.6 Å². The predicted octanol–water partition coefficient (Wildman–Crippen LogP) is 2.61. The Kier molecular flexibility index (Phi) is 3.86. The molecule has 0 N–H and O–H groups in total. The molecule has 2 bridgehead atoms. The lowest BCUT2D eigenvalue weighted by Gasteiger charge is -2.42. The van der Waals surface area contributed by atoms with Gasteiger partial charge in [0, 0.05) is 18.5 Å². The van der Waals surface area contributed by atoms with Crippen LogP contribution in [0.3, 0.4) is 0 Å². The molecule has 0 amide bonds. The molecule has 1 fully saturated rings. The molecule has 3 atom stereocenters. The molecule has 0 aromatic heterocycles. The maximum atomic E-state index is 13.5. The molecule has 0 unspecified atom stereocenters. The third kappa shape index (κ3) is 2.33. The topological polar surface area (TPSA) is 88.9 Å². The summed E-state index contributed by atoms with van der Waals surface area (Å²) in [6.07, 6.45) is 0.110. The molecule has 3 aliphatic rings. The van der Waals surface area contributed by atoms with E-state index < -0.39 is 17.4 Å². The largest absolute Gasteiger partial charge is 0.467 e. The molecule has 5 rings (SSSR count). The van der Waals surface area contributed by atoms with Gasteiger partial charge in [0.2, 0.25) is 6.79 Å². The van der Waals surface area contributed by atoms with Gasteiger partial charge in [-0.05, 0) is 23.3 Å². The number of fused-ring (bicyclic) bond motifs is 5. The number of hydrogen-bond donors (Lipinski definition) is 0. The van der Waals surface area contributed by atoms with Crippen LogP contribution in [0, 0.1) is 17.2 Å². The maximum absolute atomic E-state index is 13.5. The summed E-state index contributed by atoms with van der Waals surface area (Å²) in [5, 5.41) is 9.83. The number of hydrogen-bond acceptors (Lipinski definition) is 7. The Hall–Kier alpha value is -3.37. The second kappa shape index (κ2) is 6.33. The van der Waals surface area contributed by atoms with Gasteiger partial charge in [0.1, 0.15) is 0 Å². The van der Waals surface area contributed by atoms with Crippen LogP contribution in [0.15, 0.2) is 42.5 Å². The lowest BCUT2D eigenvalue weighted by molar-refractivity contribution is -0.151. The molecule has 7 nitrogen and oxygen atoms in total. The van der Waals surface area contributed by atoms with Crippen LogP contribution in [0.4, 0.5) is 0 Å². The smallest absolute Gasteiger partial charge is 0.334 e. The minimum absolute atomic E-state index is 0.110. The number of methoxy groups -OCH3 is 1. The molecule has 0 spiro atoms. The Morgan fingerprint density at radius 3 is 2.86 bits per heavy atom. The van der Waals surface area contributed by atoms with Crippen molar-refractivity contribution in [2.75, 3.05) is 13.9 Å². The van der Waals surface area contributed by atoms with Crippen LogP contribution in [0.25, 0.3) is 0 Å². The second-order valence-electron chi connectivity index (χ2n) is 7.47. The van der Waals surface area contributed by atoms with Crippen molar-refractivity contribution in [3.05, 3.63) is 59.2 Å². The highest BCUT2D eigenvalue weighted by Crippen LogP contribution is 2.54. The summed E-state index contributed by atoms with van der Waals surface area (Å²) >= 11 is 0. The van der Waals surface area contributed by atoms with Gasteiger partial charge < -0.3 is 14.2 Å². The van der Waals surface area contributed by atoms with E-state index in [4.69, 9.17) is 14.2 Å². The van der Waals surface area contributed by atoms with Crippen molar-refractivity contribution in [2.24, 2.45) is 5.92 Å². The third-order valence-corrected chi connectivity index (χ3v) is 6.10. The molecule has 0 saturated carbocycles. The van der Waals surface area contributed by atoms with E-state index in [2.05, 4.69) is 6.07 Å². The number of nitriles is 1. The SMILES string of the molecule is COC(=O)[C@@]12C[C@H](C#N)[C@@H](c3ccccc3C1=O)N2Cc1ccc2c(c1)OCO2. The van der Waals surface area contributed by atoms with Gasteiger partial charge >= 0.3 is 5.97 Å². The van der Waals surface area contributed by atoms with E-state index in [1.54, 1.807) is 12.1 Å². The van der Waals surface area contributed by atoms with Crippen molar-refractivity contribution in [3.8, 4) is 17.6 Å². The van der Waals surface area contributed by atoms with Crippen molar-refractivity contribution in [2.45, 2.75) is 24.5 Å². The van der Waals surface area contributed by atoms with Crippen LogP contribution < -0.4 is 9.47 Å². The zero-order valence-corrected chi connectivity index (χ0v) is 15.8. The molecule has 0 radical (unpaired) electrons. The van der Waals surface area contributed by atoms with Gasteiger partial charge in [-0.2, -0.15) is 5.26 Å². The average Bonchev–Trinajstić information content (AvgIpc) is 3.32. The van der Waals surface area contributed by atoms with Gasteiger partial charge in [0.05, 0.1) is 25.1 Å². The Morgan fingerprint density at radius 2 is 2.07 bits per heavy atom. The zero-order chi connectivity index (χ0) is 20.2. The number of nitrogens with zero attached hydrogens (tertiary/aromatic N) is 2. The Labute approximate surface area is 167 Å². The van der Waals surface area contributed by atoms with Gasteiger partial charge in [-0.15, -0.1) is 0 Å². The monoisotopic (exact) mass is 390 g/mol. The summed E-state index contributed by atoms with van der Waals surface area (Å²) in [6, 6.07) is 14.7. The van der Waals surface area contributed by atoms with Gasteiger partial charge in [-0.1, -0.05) is 30.3 Å². The fraction of sp³-hybridized carbons (Fsp3) is 0.318. The molecule has 7 heteroatoms. The minimum atomic E-state index is -1.51. The molecule has 3 heterocycles. The van der Waals surface area contributed by atoms with Gasteiger partial charge in [0.25, 0.3) is 0 Å². The number of carbonyl (C=O) groups excluding carboxylic acids is 2. The second-order valence-corrected chi connectivity index (χ2v) is 7.47. The van der Waals surface area contributed by atoms with E-state index in [1.165, 1.54) is 7.11 Å². The van der Waals surface area contributed by atoms with E-state index in [0.717, 1.165) is 11.1 Å². The fourth-order valence-electron chi connectivity index (χ4n) is 4.84. The summed E-state index contributed by atoms with van der Waals surface area (Å²) in [4.78, 5) is 28.4. The summed E-state index contributed by atoms with van der Waals surface area (Å²) in [7, 11) is 1.28. The molecule has 3 aliphatic heterocycles. The van der Waals surface area contributed by atoms with Crippen molar-refractivity contribution in [1.82, 2.24) is 4.90 Å². The first-order chi connectivity index (χ1) is 14.1. The molecular weight excluding hydrogens is 372 g/mol. The highest BCUT2D eigenvalue weighted by atomic mass is 16.7. The van der Waals surface area contributed by atoms with E-state index in [9.17, 15) is 14.9 Å². The molecule has 2 aromatic carbocycles. The number of carbonyl (C=O) groups is 2. The van der Waals surface area contributed by atoms with Crippen LogP contribution in [0.5, 0.6) is 11.5 Å². The quantitative estimate of drug-likeness (QED) is 0.588. The highest BCUT2D eigenvalue weighted by Gasteiger charge is 2.65. The number of ketones is 1. The summed E-state index contributed by atoms with van der Waals surface area (Å²) in [6.45, 7) is 0.467. The number of ether oxygens (including phenoxy) is 3. The van der Waals surface area contributed by atoms with Gasteiger partial charge in [-0.25, -0.2) is 4.79 Å². The lowest BCUT2D eigenvalue weighted by atomic mass is 9.82. The average molecular weight is 390 g/mol. The first-order valence-electron chi connectivity index (χ1n) is 9.37. The highest BCUT2D eigenvalue weighted by molar-refractivity contribution is 6.18. The maximum Gasteiger partial charge on any atom is 0.334 e. The van der Waals surface area contributed by atoms with E-state index in [1.807, 2.05) is 35.2 Å². The van der Waals surface area contributed by atoms with Gasteiger partial charge in [-0.3, -0.25) is 9.69 Å². The van der Waals surface area contributed by atoms with Crippen LogP contribution in [0.2, 0.25) is 0 Å². The normalized spacial score (nSPS) is 26.7.